The molecule has 5 nitrogen and oxygen atoms in total. The molecule has 0 heterocycles. The summed E-state index contributed by atoms with van der Waals surface area (Å²) in [4.78, 5) is 12.4. The van der Waals surface area contributed by atoms with Gasteiger partial charge in [-0.05, 0) is 31.0 Å². The fourth-order valence-electron chi connectivity index (χ4n) is 2.50. The molecule has 0 radical (unpaired) electrons. The zero-order chi connectivity index (χ0) is 17.5. The van der Waals surface area contributed by atoms with Gasteiger partial charge in [0.2, 0.25) is 5.75 Å². The van der Waals surface area contributed by atoms with Crippen LogP contribution in [-0.4, -0.2) is 33.8 Å². The van der Waals surface area contributed by atoms with Crippen LogP contribution in [0.3, 0.4) is 0 Å². The second kappa shape index (κ2) is 8.24. The second-order valence-corrected chi connectivity index (χ2v) is 5.41. The van der Waals surface area contributed by atoms with Crippen molar-refractivity contribution in [1.82, 2.24) is 5.32 Å². The van der Waals surface area contributed by atoms with Crippen LogP contribution in [0.5, 0.6) is 17.2 Å². The third-order valence-electron chi connectivity index (χ3n) is 3.71. The number of nitrogens with one attached hydrogen (secondary N) is 1. The first-order valence-electron chi connectivity index (χ1n) is 7.72. The minimum Gasteiger partial charge on any atom is -0.493 e. The van der Waals surface area contributed by atoms with Crippen LogP contribution in [0.25, 0.3) is 0 Å². The number of benzene rings is 2. The van der Waals surface area contributed by atoms with Crippen LogP contribution in [-0.2, 0) is 6.42 Å². The molecule has 0 aliphatic heterocycles. The number of carbonyl (C=O) groups excluding carboxylic acids is 1. The molecule has 0 aliphatic carbocycles. The minimum absolute atomic E-state index is 0.179. The Morgan fingerprint density at radius 2 is 1.67 bits per heavy atom. The lowest BCUT2D eigenvalue weighted by Crippen LogP contribution is -2.25. The van der Waals surface area contributed by atoms with Gasteiger partial charge in [0.05, 0.1) is 21.3 Å². The summed E-state index contributed by atoms with van der Waals surface area (Å²) in [6.45, 7) is 2.61. The van der Waals surface area contributed by atoms with Crippen LogP contribution in [0.1, 0.15) is 21.5 Å². The van der Waals surface area contributed by atoms with Gasteiger partial charge >= 0.3 is 0 Å². The molecule has 2 aromatic carbocycles. The summed E-state index contributed by atoms with van der Waals surface area (Å²) in [5.74, 6) is 1.21. The van der Waals surface area contributed by atoms with Crippen molar-refractivity contribution in [1.29, 1.82) is 0 Å². The summed E-state index contributed by atoms with van der Waals surface area (Å²) >= 11 is 0. The Balaban J connectivity index is 2.06. The van der Waals surface area contributed by atoms with Gasteiger partial charge in [-0.3, -0.25) is 4.79 Å². The molecule has 5 heteroatoms. The molecule has 0 saturated carbocycles. The first-order valence-corrected chi connectivity index (χ1v) is 7.72. The van der Waals surface area contributed by atoms with E-state index in [0.29, 0.717) is 29.4 Å². The summed E-state index contributed by atoms with van der Waals surface area (Å²) in [5, 5.41) is 2.92. The lowest BCUT2D eigenvalue weighted by atomic mass is 10.1. The summed E-state index contributed by atoms with van der Waals surface area (Å²) in [5.41, 5.74) is 2.87. The standard InChI is InChI=1S/C19H23NO4/c1-13-6-5-7-14(10-13)8-9-20-19(21)15-11-16(22-2)18(24-4)17(12-15)23-3/h5-7,10-12H,8-9H2,1-4H3,(H,20,21). The molecule has 0 aromatic heterocycles. The van der Waals surface area contributed by atoms with Gasteiger partial charge in [0.25, 0.3) is 5.91 Å². The summed E-state index contributed by atoms with van der Waals surface area (Å²) in [6, 6.07) is 11.5. The van der Waals surface area contributed by atoms with E-state index in [1.54, 1.807) is 12.1 Å². The molecule has 0 spiro atoms. The molecule has 0 atom stereocenters. The maximum Gasteiger partial charge on any atom is 0.251 e. The van der Waals surface area contributed by atoms with Gasteiger partial charge in [0.1, 0.15) is 0 Å². The zero-order valence-corrected chi connectivity index (χ0v) is 14.5. The van der Waals surface area contributed by atoms with E-state index in [1.165, 1.54) is 32.5 Å². The highest BCUT2D eigenvalue weighted by molar-refractivity contribution is 5.95. The van der Waals surface area contributed by atoms with Gasteiger partial charge in [0.15, 0.2) is 11.5 Å². The van der Waals surface area contributed by atoms with Crippen molar-refractivity contribution >= 4 is 5.91 Å². The SMILES string of the molecule is COc1cc(C(=O)NCCc2cccc(C)c2)cc(OC)c1OC. The Bertz CT molecular complexity index is 687. The second-order valence-electron chi connectivity index (χ2n) is 5.41. The highest BCUT2D eigenvalue weighted by Gasteiger charge is 2.16. The highest BCUT2D eigenvalue weighted by atomic mass is 16.5. The van der Waals surface area contributed by atoms with Crippen molar-refractivity contribution in [2.75, 3.05) is 27.9 Å². The van der Waals surface area contributed by atoms with Gasteiger partial charge in [-0.2, -0.15) is 0 Å². The first-order chi connectivity index (χ1) is 11.6. The summed E-state index contributed by atoms with van der Waals surface area (Å²) in [6.07, 6.45) is 0.776. The molecule has 0 bridgehead atoms. The molecule has 0 unspecified atom stereocenters. The molecule has 0 saturated heterocycles. The van der Waals surface area contributed by atoms with Crippen LogP contribution in [0.2, 0.25) is 0 Å². The average Bonchev–Trinajstić information content (AvgIpc) is 2.60. The van der Waals surface area contributed by atoms with Crippen LogP contribution < -0.4 is 19.5 Å². The minimum atomic E-state index is -0.179. The number of methoxy groups -OCH3 is 3. The van der Waals surface area contributed by atoms with Crippen LogP contribution in [0.4, 0.5) is 0 Å². The third-order valence-corrected chi connectivity index (χ3v) is 3.71. The predicted molar refractivity (Wildman–Crippen MR) is 93.3 cm³/mol. The number of carbonyl (C=O) groups is 1. The number of aryl methyl sites for hydroxylation is 1. The molecule has 24 heavy (non-hydrogen) atoms. The van der Waals surface area contributed by atoms with Crippen LogP contribution in [0, 0.1) is 6.92 Å². The fraction of sp³-hybridized carbons (Fsp3) is 0.316. The lowest BCUT2D eigenvalue weighted by molar-refractivity contribution is 0.0953. The highest BCUT2D eigenvalue weighted by Crippen LogP contribution is 2.38. The Morgan fingerprint density at radius 1 is 1.00 bits per heavy atom. The number of amides is 1. The Morgan fingerprint density at radius 3 is 2.21 bits per heavy atom. The van der Waals surface area contributed by atoms with Crippen LogP contribution in [0.15, 0.2) is 36.4 Å². The number of hydrogen-bond acceptors (Lipinski definition) is 4. The molecule has 0 aliphatic rings. The summed E-state index contributed by atoms with van der Waals surface area (Å²) in [7, 11) is 4.58. The van der Waals surface area contributed by atoms with E-state index in [4.69, 9.17) is 14.2 Å². The van der Waals surface area contributed by atoms with E-state index >= 15 is 0 Å². The van der Waals surface area contributed by atoms with Crippen molar-refractivity contribution in [3.63, 3.8) is 0 Å². The molecule has 2 aromatic rings. The quantitative estimate of drug-likeness (QED) is 0.848. The lowest BCUT2D eigenvalue weighted by Gasteiger charge is -2.14. The number of hydrogen-bond donors (Lipinski definition) is 1. The topological polar surface area (TPSA) is 56.8 Å². The van der Waals surface area contributed by atoms with E-state index in [-0.39, 0.29) is 5.91 Å². The molecule has 128 valence electrons. The fourth-order valence-corrected chi connectivity index (χ4v) is 2.50. The van der Waals surface area contributed by atoms with Gasteiger partial charge in [-0.1, -0.05) is 29.8 Å². The van der Waals surface area contributed by atoms with Gasteiger partial charge < -0.3 is 19.5 Å². The monoisotopic (exact) mass is 329 g/mol. The average molecular weight is 329 g/mol. The molecule has 0 fully saturated rings. The van der Waals surface area contributed by atoms with E-state index in [9.17, 15) is 4.79 Å². The van der Waals surface area contributed by atoms with Crippen LogP contribution >= 0.6 is 0 Å². The van der Waals surface area contributed by atoms with Gasteiger partial charge in [-0.15, -0.1) is 0 Å². The third kappa shape index (κ3) is 4.19. The molecule has 1 N–H and O–H groups in total. The van der Waals surface area contributed by atoms with E-state index in [2.05, 4.69) is 30.4 Å². The van der Waals surface area contributed by atoms with Gasteiger partial charge in [-0.25, -0.2) is 0 Å². The maximum atomic E-state index is 12.4. The largest absolute Gasteiger partial charge is 0.493 e. The van der Waals surface area contributed by atoms with Crippen molar-refractivity contribution in [3.05, 3.63) is 53.1 Å². The molecule has 1 amide bonds. The summed E-state index contributed by atoms with van der Waals surface area (Å²) < 4.78 is 15.8. The Kier molecular flexibility index (Phi) is 6.07. The van der Waals surface area contributed by atoms with Crippen molar-refractivity contribution in [2.45, 2.75) is 13.3 Å². The zero-order valence-electron chi connectivity index (χ0n) is 14.5. The maximum absolute atomic E-state index is 12.4. The van der Waals surface area contributed by atoms with E-state index in [1.807, 2.05) is 6.07 Å². The predicted octanol–water partition coefficient (Wildman–Crippen LogP) is 2.99. The van der Waals surface area contributed by atoms with Crippen molar-refractivity contribution in [3.8, 4) is 17.2 Å². The number of ether oxygens (including phenoxy) is 3. The normalized spacial score (nSPS) is 10.2. The number of rotatable bonds is 7. The van der Waals surface area contributed by atoms with Gasteiger partial charge in [0, 0.05) is 12.1 Å². The van der Waals surface area contributed by atoms with Crippen molar-refractivity contribution in [2.24, 2.45) is 0 Å². The molecular weight excluding hydrogens is 306 g/mol. The first kappa shape index (κ1) is 17.7. The van der Waals surface area contributed by atoms with E-state index < -0.39 is 0 Å². The van der Waals surface area contributed by atoms with E-state index in [0.717, 1.165) is 6.42 Å². The van der Waals surface area contributed by atoms with Crippen molar-refractivity contribution < 1.29 is 19.0 Å². The molecular formula is C19H23NO4. The Labute approximate surface area is 142 Å². The smallest absolute Gasteiger partial charge is 0.251 e. The molecule has 2 rings (SSSR count). The Hall–Kier alpha value is -2.69.